The summed E-state index contributed by atoms with van der Waals surface area (Å²) in [7, 11) is 3.86. The van der Waals surface area contributed by atoms with Crippen molar-refractivity contribution in [1.29, 1.82) is 0 Å². The zero-order valence-corrected chi connectivity index (χ0v) is 11.5. The predicted molar refractivity (Wildman–Crippen MR) is 75.4 cm³/mol. The number of carbonyl (C=O) groups is 1. The van der Waals surface area contributed by atoms with Crippen LogP contribution in [0.25, 0.3) is 21.2 Å². The fourth-order valence-electron chi connectivity index (χ4n) is 2.10. The van der Waals surface area contributed by atoms with Crippen LogP contribution in [0.15, 0.2) is 16.5 Å². The van der Waals surface area contributed by atoms with Crippen molar-refractivity contribution < 1.29 is 14.3 Å². The van der Waals surface area contributed by atoms with Crippen LogP contribution in [0, 0.1) is 6.92 Å². The van der Waals surface area contributed by atoms with Gasteiger partial charge in [-0.2, -0.15) is 0 Å². The standard InChI is InChI=1S/C13H12N2O3S/c1-6-9-8(18-10(6)12(16)17)5-4-7-11(9)19-13(14-7)15(2)3/h4-5H,1-3H3,(H,16,17). The minimum atomic E-state index is -1.04. The molecular formula is C13H12N2O3S. The molecule has 0 saturated carbocycles. The molecule has 98 valence electrons. The maximum atomic E-state index is 11.1. The Hall–Kier alpha value is -2.08. The van der Waals surface area contributed by atoms with Gasteiger partial charge >= 0.3 is 5.97 Å². The summed E-state index contributed by atoms with van der Waals surface area (Å²) in [6, 6.07) is 3.63. The lowest BCUT2D eigenvalue weighted by molar-refractivity contribution is 0.0664. The van der Waals surface area contributed by atoms with E-state index in [0.29, 0.717) is 11.1 Å². The molecule has 2 aromatic heterocycles. The van der Waals surface area contributed by atoms with Crippen molar-refractivity contribution in [2.75, 3.05) is 19.0 Å². The van der Waals surface area contributed by atoms with E-state index in [1.165, 1.54) is 11.3 Å². The van der Waals surface area contributed by atoms with Crippen LogP contribution in [0.2, 0.25) is 0 Å². The third-order valence-corrected chi connectivity index (χ3v) is 4.27. The van der Waals surface area contributed by atoms with Gasteiger partial charge in [0, 0.05) is 25.0 Å². The van der Waals surface area contributed by atoms with Gasteiger partial charge in [0.05, 0.1) is 10.2 Å². The molecule has 5 nitrogen and oxygen atoms in total. The zero-order chi connectivity index (χ0) is 13.7. The Balaban J connectivity index is 2.41. The highest BCUT2D eigenvalue weighted by molar-refractivity contribution is 7.23. The van der Waals surface area contributed by atoms with Gasteiger partial charge in [0.2, 0.25) is 5.76 Å². The fraction of sp³-hybridized carbons (Fsp3) is 0.231. The van der Waals surface area contributed by atoms with Crippen LogP contribution in [0.4, 0.5) is 5.13 Å². The Morgan fingerprint density at radius 3 is 2.79 bits per heavy atom. The van der Waals surface area contributed by atoms with Crippen LogP contribution in [0.5, 0.6) is 0 Å². The third-order valence-electron chi connectivity index (χ3n) is 3.01. The van der Waals surface area contributed by atoms with Gasteiger partial charge in [-0.05, 0) is 19.1 Å². The number of rotatable bonds is 2. The normalized spacial score (nSPS) is 11.3. The van der Waals surface area contributed by atoms with Crippen molar-refractivity contribution in [3.63, 3.8) is 0 Å². The number of carboxylic acid groups (broad SMARTS) is 1. The van der Waals surface area contributed by atoms with E-state index in [1.54, 1.807) is 13.0 Å². The Bertz CT molecular complexity index is 801. The van der Waals surface area contributed by atoms with Crippen molar-refractivity contribution in [2.24, 2.45) is 0 Å². The molecule has 0 fully saturated rings. The summed E-state index contributed by atoms with van der Waals surface area (Å²) >= 11 is 1.54. The van der Waals surface area contributed by atoms with Gasteiger partial charge in [0.25, 0.3) is 0 Å². The highest BCUT2D eigenvalue weighted by Crippen LogP contribution is 2.37. The molecular weight excluding hydrogens is 264 g/mol. The van der Waals surface area contributed by atoms with E-state index < -0.39 is 5.97 Å². The van der Waals surface area contributed by atoms with Crippen LogP contribution in [-0.4, -0.2) is 30.2 Å². The average molecular weight is 276 g/mol. The monoisotopic (exact) mass is 276 g/mol. The summed E-state index contributed by atoms with van der Waals surface area (Å²) in [4.78, 5) is 17.6. The molecule has 0 bridgehead atoms. The van der Waals surface area contributed by atoms with Crippen molar-refractivity contribution in [2.45, 2.75) is 6.92 Å². The number of aryl methyl sites for hydroxylation is 1. The number of benzene rings is 1. The van der Waals surface area contributed by atoms with Crippen LogP contribution >= 0.6 is 11.3 Å². The van der Waals surface area contributed by atoms with Gasteiger partial charge in [-0.25, -0.2) is 9.78 Å². The van der Waals surface area contributed by atoms with E-state index in [1.807, 2.05) is 25.1 Å². The molecule has 1 aromatic carbocycles. The second-order valence-electron chi connectivity index (χ2n) is 4.54. The summed E-state index contributed by atoms with van der Waals surface area (Å²) in [6.45, 7) is 1.77. The average Bonchev–Trinajstić information content (AvgIpc) is 2.89. The minimum Gasteiger partial charge on any atom is -0.475 e. The van der Waals surface area contributed by atoms with E-state index in [4.69, 9.17) is 9.52 Å². The van der Waals surface area contributed by atoms with Crippen LogP contribution in [0.1, 0.15) is 16.1 Å². The fourth-order valence-corrected chi connectivity index (χ4v) is 3.18. The first-order valence-electron chi connectivity index (χ1n) is 5.72. The lowest BCUT2D eigenvalue weighted by atomic mass is 10.1. The Morgan fingerprint density at radius 2 is 2.16 bits per heavy atom. The summed E-state index contributed by atoms with van der Waals surface area (Å²) in [5.41, 5.74) is 2.11. The number of aromatic carboxylic acids is 1. The molecule has 0 saturated heterocycles. The third kappa shape index (κ3) is 1.67. The molecule has 3 rings (SSSR count). The lowest BCUT2D eigenvalue weighted by Crippen LogP contribution is -2.07. The number of thiazole rings is 1. The first kappa shape index (κ1) is 12.0. The van der Waals surface area contributed by atoms with Gasteiger partial charge < -0.3 is 14.4 Å². The summed E-state index contributed by atoms with van der Waals surface area (Å²) in [5, 5.41) is 10.9. The van der Waals surface area contributed by atoms with Gasteiger partial charge in [0.15, 0.2) is 5.13 Å². The second kappa shape index (κ2) is 3.96. The van der Waals surface area contributed by atoms with Gasteiger partial charge in [0.1, 0.15) is 5.58 Å². The molecule has 0 amide bonds. The topological polar surface area (TPSA) is 66.6 Å². The smallest absolute Gasteiger partial charge is 0.372 e. The van der Waals surface area contributed by atoms with Crippen LogP contribution in [0.3, 0.4) is 0 Å². The molecule has 6 heteroatoms. The number of furan rings is 1. The number of hydrogen-bond acceptors (Lipinski definition) is 5. The quantitative estimate of drug-likeness (QED) is 0.779. The molecule has 0 spiro atoms. The van der Waals surface area contributed by atoms with Crippen LogP contribution < -0.4 is 4.90 Å². The largest absolute Gasteiger partial charge is 0.475 e. The number of aromatic nitrogens is 1. The van der Waals surface area contributed by atoms with Crippen molar-refractivity contribution >= 4 is 43.6 Å². The summed E-state index contributed by atoms with van der Waals surface area (Å²) < 4.78 is 6.37. The summed E-state index contributed by atoms with van der Waals surface area (Å²) in [6.07, 6.45) is 0. The molecule has 2 heterocycles. The molecule has 0 aliphatic carbocycles. The van der Waals surface area contributed by atoms with Crippen molar-refractivity contribution in [1.82, 2.24) is 4.98 Å². The zero-order valence-electron chi connectivity index (χ0n) is 10.7. The Morgan fingerprint density at radius 1 is 1.42 bits per heavy atom. The van der Waals surface area contributed by atoms with Gasteiger partial charge in [-0.1, -0.05) is 11.3 Å². The molecule has 0 aliphatic rings. The van der Waals surface area contributed by atoms with Gasteiger partial charge in [-0.15, -0.1) is 0 Å². The minimum absolute atomic E-state index is 0.00213. The SMILES string of the molecule is Cc1c(C(=O)O)oc2ccc3nc(N(C)C)sc3c12. The van der Waals surface area contributed by atoms with E-state index in [2.05, 4.69) is 4.98 Å². The molecule has 0 aliphatic heterocycles. The molecule has 1 N–H and O–H groups in total. The molecule has 0 atom stereocenters. The molecule has 3 aromatic rings. The maximum absolute atomic E-state index is 11.1. The van der Waals surface area contributed by atoms with E-state index in [9.17, 15) is 4.79 Å². The maximum Gasteiger partial charge on any atom is 0.372 e. The first-order chi connectivity index (χ1) is 8.99. The first-order valence-corrected chi connectivity index (χ1v) is 6.54. The van der Waals surface area contributed by atoms with Crippen molar-refractivity contribution in [3.05, 3.63) is 23.5 Å². The van der Waals surface area contributed by atoms with E-state index in [-0.39, 0.29) is 5.76 Å². The second-order valence-corrected chi connectivity index (χ2v) is 5.52. The predicted octanol–water partition coefficient (Wildman–Crippen LogP) is 3.12. The Labute approximate surface area is 113 Å². The lowest BCUT2D eigenvalue weighted by Gasteiger charge is -2.04. The number of carboxylic acids is 1. The highest BCUT2D eigenvalue weighted by Gasteiger charge is 2.20. The number of anilines is 1. The van der Waals surface area contributed by atoms with Gasteiger partial charge in [-0.3, -0.25) is 0 Å². The Kier molecular flexibility index (Phi) is 2.50. The van der Waals surface area contributed by atoms with E-state index in [0.717, 1.165) is 20.7 Å². The van der Waals surface area contributed by atoms with E-state index >= 15 is 0 Å². The molecule has 0 unspecified atom stereocenters. The van der Waals surface area contributed by atoms with Crippen LogP contribution in [-0.2, 0) is 0 Å². The highest BCUT2D eigenvalue weighted by atomic mass is 32.1. The molecule has 0 radical (unpaired) electrons. The van der Waals surface area contributed by atoms with Crippen molar-refractivity contribution in [3.8, 4) is 0 Å². The number of fused-ring (bicyclic) bond motifs is 3. The number of nitrogens with zero attached hydrogens (tertiary/aromatic N) is 2. The summed E-state index contributed by atoms with van der Waals surface area (Å²) in [5.74, 6) is -1.04. The number of hydrogen-bond donors (Lipinski definition) is 1. The molecule has 19 heavy (non-hydrogen) atoms.